The zero-order valence-electron chi connectivity index (χ0n) is 16.4. The second-order valence-electron chi connectivity index (χ2n) is 6.81. The minimum atomic E-state index is 0.620. The molecule has 146 valence electrons. The number of pyridine rings is 1. The summed E-state index contributed by atoms with van der Waals surface area (Å²) in [4.78, 5) is 13.7. The highest BCUT2D eigenvalue weighted by molar-refractivity contribution is 7.99. The second-order valence-corrected chi connectivity index (χ2v) is 7.76. The van der Waals surface area contributed by atoms with E-state index in [9.17, 15) is 0 Å². The molecule has 0 aliphatic heterocycles. The zero-order valence-corrected chi connectivity index (χ0v) is 17.2. The average molecular weight is 411 g/mol. The van der Waals surface area contributed by atoms with Gasteiger partial charge >= 0.3 is 0 Å². The van der Waals surface area contributed by atoms with Crippen LogP contribution in [0.2, 0.25) is 0 Å². The van der Waals surface area contributed by atoms with Crippen LogP contribution in [0.5, 0.6) is 0 Å². The lowest BCUT2D eigenvalue weighted by atomic mass is 10.1. The van der Waals surface area contributed by atoms with Crippen molar-refractivity contribution in [2.45, 2.75) is 24.0 Å². The van der Waals surface area contributed by atoms with Crippen LogP contribution >= 0.6 is 11.8 Å². The summed E-state index contributed by atoms with van der Waals surface area (Å²) < 4.78 is 1.76. The van der Waals surface area contributed by atoms with Gasteiger partial charge in [0.2, 0.25) is 5.16 Å². The number of hydrogen-bond acceptors (Lipinski definition) is 7. The molecule has 0 amide bonds. The zero-order chi connectivity index (χ0) is 20.5. The Morgan fingerprint density at radius 2 is 1.80 bits per heavy atom. The van der Waals surface area contributed by atoms with Crippen molar-refractivity contribution >= 4 is 22.7 Å². The normalized spacial score (nSPS) is 11.1. The Balaban J connectivity index is 1.64. The molecule has 30 heavy (non-hydrogen) atoms. The van der Waals surface area contributed by atoms with Gasteiger partial charge in [0.15, 0.2) is 5.82 Å². The fourth-order valence-electron chi connectivity index (χ4n) is 3.19. The van der Waals surface area contributed by atoms with Crippen molar-refractivity contribution in [3.63, 3.8) is 0 Å². The van der Waals surface area contributed by atoms with Gasteiger partial charge in [0.1, 0.15) is 5.03 Å². The SMILES string of the molecule is Cc1cccc(-n2nnnc2Sc2nc(-c3cccnc3)nc3ccccc23)c1C. The predicted molar refractivity (Wildman–Crippen MR) is 116 cm³/mol. The van der Waals surface area contributed by atoms with Gasteiger partial charge in [-0.25, -0.2) is 9.97 Å². The van der Waals surface area contributed by atoms with Crippen molar-refractivity contribution in [2.75, 3.05) is 0 Å². The van der Waals surface area contributed by atoms with Crippen LogP contribution in [-0.4, -0.2) is 35.2 Å². The molecule has 0 saturated heterocycles. The van der Waals surface area contributed by atoms with E-state index in [2.05, 4.69) is 40.4 Å². The molecule has 0 aliphatic rings. The van der Waals surface area contributed by atoms with Crippen molar-refractivity contribution in [3.8, 4) is 17.1 Å². The van der Waals surface area contributed by atoms with Gasteiger partial charge in [0.25, 0.3) is 0 Å². The standard InChI is InChI=1S/C22H17N7S/c1-14-7-5-11-19(15(14)2)29-22(26-27-28-29)30-21-17-9-3-4-10-18(17)24-20(25-21)16-8-6-12-23-13-16/h3-13H,1-2H3. The lowest BCUT2D eigenvalue weighted by Crippen LogP contribution is -2.03. The van der Waals surface area contributed by atoms with Gasteiger partial charge in [-0.15, -0.1) is 5.10 Å². The number of aryl methyl sites for hydroxylation is 1. The number of tetrazole rings is 1. The first kappa shape index (κ1) is 18.4. The first-order chi connectivity index (χ1) is 14.7. The summed E-state index contributed by atoms with van der Waals surface area (Å²) in [6, 6.07) is 17.9. The summed E-state index contributed by atoms with van der Waals surface area (Å²) in [7, 11) is 0. The van der Waals surface area contributed by atoms with Gasteiger partial charge in [0.05, 0.1) is 11.2 Å². The molecule has 0 saturated carbocycles. The van der Waals surface area contributed by atoms with Crippen LogP contribution in [0.3, 0.4) is 0 Å². The van der Waals surface area contributed by atoms with Crippen LogP contribution in [0.1, 0.15) is 11.1 Å². The topological polar surface area (TPSA) is 82.3 Å². The van der Waals surface area contributed by atoms with Crippen LogP contribution in [0.15, 0.2) is 77.2 Å². The van der Waals surface area contributed by atoms with E-state index in [1.807, 2.05) is 48.5 Å². The van der Waals surface area contributed by atoms with E-state index in [-0.39, 0.29) is 0 Å². The maximum Gasteiger partial charge on any atom is 0.220 e. The largest absolute Gasteiger partial charge is 0.264 e. The third-order valence-electron chi connectivity index (χ3n) is 4.92. The summed E-state index contributed by atoms with van der Waals surface area (Å²) >= 11 is 1.42. The van der Waals surface area contributed by atoms with Crippen molar-refractivity contribution in [1.29, 1.82) is 0 Å². The maximum atomic E-state index is 4.82. The molecule has 0 bridgehead atoms. The highest BCUT2D eigenvalue weighted by Gasteiger charge is 2.17. The van der Waals surface area contributed by atoms with Gasteiger partial charge < -0.3 is 0 Å². The summed E-state index contributed by atoms with van der Waals surface area (Å²) in [5.74, 6) is 0.620. The molecular formula is C22H17N7S. The summed E-state index contributed by atoms with van der Waals surface area (Å²) in [5.41, 5.74) is 4.99. The molecule has 8 heteroatoms. The number of nitrogens with zero attached hydrogens (tertiary/aromatic N) is 7. The van der Waals surface area contributed by atoms with Crippen LogP contribution in [0.4, 0.5) is 0 Å². The molecule has 5 rings (SSSR count). The van der Waals surface area contributed by atoms with Crippen molar-refractivity contribution in [2.24, 2.45) is 0 Å². The highest BCUT2D eigenvalue weighted by Crippen LogP contribution is 2.33. The van der Waals surface area contributed by atoms with Crippen molar-refractivity contribution < 1.29 is 0 Å². The Hall–Kier alpha value is -3.65. The van der Waals surface area contributed by atoms with Gasteiger partial charge in [0, 0.05) is 23.3 Å². The quantitative estimate of drug-likeness (QED) is 0.404. The Bertz CT molecular complexity index is 1350. The molecule has 2 aromatic carbocycles. The van der Waals surface area contributed by atoms with E-state index in [0.717, 1.165) is 32.7 Å². The van der Waals surface area contributed by atoms with E-state index in [4.69, 9.17) is 9.97 Å². The van der Waals surface area contributed by atoms with Gasteiger partial charge in [-0.1, -0.05) is 30.3 Å². The van der Waals surface area contributed by atoms with Crippen LogP contribution in [0.25, 0.3) is 28.0 Å². The Labute approximate surface area is 177 Å². The molecule has 5 aromatic rings. The third kappa shape index (κ3) is 3.31. The molecule has 0 atom stereocenters. The molecule has 3 aromatic heterocycles. The van der Waals surface area contributed by atoms with Crippen LogP contribution < -0.4 is 0 Å². The lowest BCUT2D eigenvalue weighted by molar-refractivity contribution is 0.750. The molecule has 0 unspecified atom stereocenters. The summed E-state index contributed by atoms with van der Waals surface area (Å²) in [6.45, 7) is 4.15. The monoisotopic (exact) mass is 411 g/mol. The Kier molecular flexibility index (Phi) is 4.68. The van der Waals surface area contributed by atoms with E-state index < -0.39 is 0 Å². The van der Waals surface area contributed by atoms with E-state index in [1.54, 1.807) is 17.1 Å². The molecule has 0 radical (unpaired) electrons. The second kappa shape index (κ2) is 7.64. The smallest absolute Gasteiger partial charge is 0.220 e. The fraction of sp³-hybridized carbons (Fsp3) is 0.0909. The molecule has 0 fully saturated rings. The van der Waals surface area contributed by atoms with Crippen molar-refractivity contribution in [1.82, 2.24) is 35.2 Å². The van der Waals surface area contributed by atoms with Crippen LogP contribution in [0, 0.1) is 13.8 Å². The van der Waals surface area contributed by atoms with Gasteiger partial charge in [-0.05, 0) is 71.4 Å². The number of benzene rings is 2. The van der Waals surface area contributed by atoms with Crippen molar-refractivity contribution in [3.05, 3.63) is 78.1 Å². The van der Waals surface area contributed by atoms with Crippen LogP contribution in [-0.2, 0) is 0 Å². The molecular weight excluding hydrogens is 394 g/mol. The first-order valence-corrected chi connectivity index (χ1v) is 10.2. The molecule has 0 N–H and O–H groups in total. The fourth-order valence-corrected chi connectivity index (χ4v) is 4.08. The predicted octanol–water partition coefficient (Wildman–Crippen LogP) is 4.44. The Morgan fingerprint density at radius 3 is 2.67 bits per heavy atom. The van der Waals surface area contributed by atoms with Gasteiger partial charge in [-0.3, -0.25) is 4.98 Å². The number of aromatic nitrogens is 7. The molecule has 7 nitrogen and oxygen atoms in total. The maximum absolute atomic E-state index is 4.82. The number of hydrogen-bond donors (Lipinski definition) is 0. The van der Waals surface area contributed by atoms with E-state index in [0.29, 0.717) is 11.0 Å². The number of para-hydroxylation sites is 1. The molecule has 3 heterocycles. The average Bonchev–Trinajstić information content (AvgIpc) is 3.24. The van der Waals surface area contributed by atoms with E-state index in [1.165, 1.54) is 17.3 Å². The minimum absolute atomic E-state index is 0.620. The Morgan fingerprint density at radius 1 is 0.900 bits per heavy atom. The third-order valence-corrected chi connectivity index (χ3v) is 5.86. The first-order valence-electron chi connectivity index (χ1n) is 9.41. The summed E-state index contributed by atoms with van der Waals surface area (Å²) in [5, 5.41) is 14.8. The summed E-state index contributed by atoms with van der Waals surface area (Å²) in [6.07, 6.45) is 3.50. The van der Waals surface area contributed by atoms with E-state index >= 15 is 0 Å². The highest BCUT2D eigenvalue weighted by atomic mass is 32.2. The molecule has 0 aliphatic carbocycles. The lowest BCUT2D eigenvalue weighted by Gasteiger charge is -2.11. The van der Waals surface area contributed by atoms with Gasteiger partial charge in [-0.2, -0.15) is 4.68 Å². The number of fused-ring (bicyclic) bond motifs is 1. The molecule has 0 spiro atoms. The minimum Gasteiger partial charge on any atom is -0.264 e. The number of rotatable bonds is 4.